The summed E-state index contributed by atoms with van der Waals surface area (Å²) in [5.41, 5.74) is 0.558. The van der Waals surface area contributed by atoms with Crippen LogP contribution in [0.15, 0.2) is 35.1 Å². The van der Waals surface area contributed by atoms with Crippen LogP contribution in [0.2, 0.25) is 0 Å². The van der Waals surface area contributed by atoms with E-state index in [1.165, 1.54) is 6.07 Å². The van der Waals surface area contributed by atoms with Crippen molar-refractivity contribution < 1.29 is 4.79 Å². The highest BCUT2D eigenvalue weighted by Gasteiger charge is 2.13. The number of aryl methyl sites for hydroxylation is 1. The minimum atomic E-state index is -0.425. The summed E-state index contributed by atoms with van der Waals surface area (Å²) in [6.07, 6.45) is 0. The molecule has 100 valence electrons. The molecule has 7 nitrogen and oxygen atoms in total. The second kappa shape index (κ2) is 4.61. The van der Waals surface area contributed by atoms with Crippen LogP contribution in [0, 0.1) is 6.92 Å². The maximum Gasteiger partial charge on any atom is 0.258 e. The summed E-state index contributed by atoms with van der Waals surface area (Å²) in [5, 5.41) is 9.68. The zero-order chi connectivity index (χ0) is 14.1. The van der Waals surface area contributed by atoms with Crippen molar-refractivity contribution >= 4 is 22.8 Å². The lowest BCUT2D eigenvalue weighted by atomic mass is 10.1. The van der Waals surface area contributed by atoms with E-state index in [0.717, 1.165) is 0 Å². The number of nitrogens with zero attached hydrogens (tertiary/aromatic N) is 2. The quantitative estimate of drug-likeness (QED) is 0.650. The van der Waals surface area contributed by atoms with Gasteiger partial charge in [-0.05, 0) is 13.0 Å². The number of carbonyl (C=O) groups is 1. The predicted molar refractivity (Wildman–Crippen MR) is 73.6 cm³/mol. The van der Waals surface area contributed by atoms with Crippen LogP contribution in [0.1, 0.15) is 16.2 Å². The Hall–Kier alpha value is -2.96. The average Bonchev–Trinajstić information content (AvgIpc) is 2.83. The molecule has 0 bridgehead atoms. The summed E-state index contributed by atoms with van der Waals surface area (Å²) in [5.74, 6) is 0.347. The average molecular weight is 269 g/mol. The van der Waals surface area contributed by atoms with Gasteiger partial charge in [0.1, 0.15) is 5.82 Å². The molecule has 0 atom stereocenters. The van der Waals surface area contributed by atoms with Crippen molar-refractivity contribution in [2.24, 2.45) is 0 Å². The Morgan fingerprint density at radius 2 is 2.10 bits per heavy atom. The molecule has 0 unspecified atom stereocenters. The molecule has 0 aliphatic carbocycles. The number of rotatable bonds is 2. The zero-order valence-electron chi connectivity index (χ0n) is 10.6. The number of carbonyl (C=O) groups excluding carboxylic acids is 1. The normalized spacial score (nSPS) is 10.7. The van der Waals surface area contributed by atoms with E-state index in [1.807, 2.05) is 0 Å². The van der Waals surface area contributed by atoms with Crippen molar-refractivity contribution in [2.45, 2.75) is 6.92 Å². The fourth-order valence-corrected chi connectivity index (χ4v) is 1.96. The number of H-pyrrole nitrogens is 2. The van der Waals surface area contributed by atoms with Crippen LogP contribution in [0.4, 0.5) is 5.95 Å². The van der Waals surface area contributed by atoms with E-state index in [4.69, 9.17) is 0 Å². The van der Waals surface area contributed by atoms with Crippen molar-refractivity contribution in [3.05, 3.63) is 52.1 Å². The molecule has 0 radical (unpaired) electrons. The first-order valence-corrected chi connectivity index (χ1v) is 5.96. The molecule has 0 fully saturated rings. The Morgan fingerprint density at radius 1 is 1.30 bits per heavy atom. The summed E-state index contributed by atoms with van der Waals surface area (Å²) in [6.45, 7) is 1.73. The maximum atomic E-state index is 12.2. The van der Waals surface area contributed by atoms with Crippen LogP contribution < -0.4 is 10.9 Å². The van der Waals surface area contributed by atoms with Gasteiger partial charge in [0.15, 0.2) is 0 Å². The van der Waals surface area contributed by atoms with Gasteiger partial charge >= 0.3 is 0 Å². The third kappa shape index (κ3) is 2.16. The third-order valence-corrected chi connectivity index (χ3v) is 2.82. The molecule has 0 saturated carbocycles. The number of aromatic amines is 2. The predicted octanol–water partition coefficient (Wildman–Crippen LogP) is 1.21. The largest absolute Gasteiger partial charge is 0.322 e. The van der Waals surface area contributed by atoms with E-state index in [0.29, 0.717) is 16.7 Å². The van der Waals surface area contributed by atoms with Crippen molar-refractivity contribution in [3.8, 4) is 0 Å². The number of hydrogen-bond donors (Lipinski definition) is 3. The number of benzene rings is 1. The van der Waals surface area contributed by atoms with Crippen LogP contribution in [-0.2, 0) is 0 Å². The van der Waals surface area contributed by atoms with Crippen LogP contribution in [0.3, 0.4) is 0 Å². The van der Waals surface area contributed by atoms with Gasteiger partial charge in [-0.3, -0.25) is 20.0 Å². The number of pyridine rings is 1. The van der Waals surface area contributed by atoms with Crippen LogP contribution in [0.25, 0.3) is 10.9 Å². The third-order valence-electron chi connectivity index (χ3n) is 2.82. The van der Waals surface area contributed by atoms with Crippen molar-refractivity contribution in [2.75, 3.05) is 5.32 Å². The van der Waals surface area contributed by atoms with Gasteiger partial charge in [0.2, 0.25) is 11.5 Å². The van der Waals surface area contributed by atoms with E-state index in [1.54, 1.807) is 31.2 Å². The molecule has 1 aromatic carbocycles. The fourth-order valence-electron chi connectivity index (χ4n) is 1.96. The molecule has 3 N–H and O–H groups in total. The van der Waals surface area contributed by atoms with Gasteiger partial charge in [0.25, 0.3) is 5.91 Å². The Bertz CT molecular complexity index is 849. The summed E-state index contributed by atoms with van der Waals surface area (Å²) in [7, 11) is 0. The molecule has 0 aliphatic rings. The molecule has 3 rings (SSSR count). The highest BCUT2D eigenvalue weighted by molar-refractivity contribution is 6.11. The van der Waals surface area contributed by atoms with E-state index in [-0.39, 0.29) is 17.1 Å². The van der Waals surface area contributed by atoms with E-state index >= 15 is 0 Å². The first kappa shape index (κ1) is 12.1. The Kier molecular flexibility index (Phi) is 2.79. The molecular formula is C13H11N5O2. The highest BCUT2D eigenvalue weighted by Crippen LogP contribution is 2.15. The number of fused-ring (bicyclic) bond motifs is 1. The monoisotopic (exact) mass is 269 g/mol. The molecule has 0 saturated heterocycles. The number of anilines is 1. The van der Waals surface area contributed by atoms with E-state index in [2.05, 4.69) is 25.5 Å². The second-order valence-electron chi connectivity index (χ2n) is 4.29. The number of nitrogens with one attached hydrogen (secondary N) is 3. The summed E-state index contributed by atoms with van der Waals surface area (Å²) in [4.78, 5) is 30.5. The first-order chi connectivity index (χ1) is 9.63. The van der Waals surface area contributed by atoms with Gasteiger partial charge in [-0.15, -0.1) is 5.10 Å². The molecule has 7 heteroatoms. The molecule has 0 spiro atoms. The number of aromatic nitrogens is 4. The number of amides is 1. The van der Waals surface area contributed by atoms with Crippen LogP contribution in [-0.4, -0.2) is 26.1 Å². The van der Waals surface area contributed by atoms with Gasteiger partial charge in [-0.2, -0.15) is 4.98 Å². The maximum absolute atomic E-state index is 12.2. The molecule has 3 aromatic rings. The first-order valence-electron chi connectivity index (χ1n) is 5.96. The fraction of sp³-hybridized carbons (Fsp3) is 0.0769. The summed E-state index contributed by atoms with van der Waals surface area (Å²) < 4.78 is 0. The lowest BCUT2D eigenvalue weighted by Gasteiger charge is -2.05. The molecule has 2 heterocycles. The Morgan fingerprint density at radius 3 is 2.85 bits per heavy atom. The minimum absolute atomic E-state index is 0.178. The molecule has 1 amide bonds. The molecular weight excluding hydrogens is 258 g/mol. The van der Waals surface area contributed by atoms with Gasteiger partial charge in [0.05, 0.1) is 5.56 Å². The standard InChI is InChI=1S/C13H11N5O2/c1-7-14-13(18-17-7)16-12(20)9-6-11(19)15-10-5-3-2-4-8(9)10/h2-6H,1H3,(H,15,19)(H2,14,16,17,18,20). The van der Waals surface area contributed by atoms with E-state index in [9.17, 15) is 9.59 Å². The van der Waals surface area contributed by atoms with Gasteiger partial charge in [-0.1, -0.05) is 18.2 Å². The van der Waals surface area contributed by atoms with Crippen LogP contribution >= 0.6 is 0 Å². The van der Waals surface area contributed by atoms with Gasteiger partial charge < -0.3 is 4.98 Å². The highest BCUT2D eigenvalue weighted by atomic mass is 16.2. The molecule has 0 aliphatic heterocycles. The zero-order valence-corrected chi connectivity index (χ0v) is 10.6. The second-order valence-corrected chi connectivity index (χ2v) is 4.29. The summed E-state index contributed by atoms with van der Waals surface area (Å²) >= 11 is 0. The Labute approximate surface area is 113 Å². The van der Waals surface area contributed by atoms with Crippen molar-refractivity contribution in [1.82, 2.24) is 20.2 Å². The molecule has 2 aromatic heterocycles. The van der Waals surface area contributed by atoms with E-state index < -0.39 is 5.91 Å². The lowest BCUT2D eigenvalue weighted by Crippen LogP contribution is -2.17. The lowest BCUT2D eigenvalue weighted by molar-refractivity contribution is 0.102. The van der Waals surface area contributed by atoms with Gasteiger partial charge in [0, 0.05) is 17.0 Å². The van der Waals surface area contributed by atoms with Gasteiger partial charge in [-0.25, -0.2) is 0 Å². The smallest absolute Gasteiger partial charge is 0.258 e. The van der Waals surface area contributed by atoms with Crippen molar-refractivity contribution in [3.63, 3.8) is 0 Å². The number of hydrogen-bond acceptors (Lipinski definition) is 4. The Balaban J connectivity index is 2.05. The van der Waals surface area contributed by atoms with Crippen LogP contribution in [0.5, 0.6) is 0 Å². The van der Waals surface area contributed by atoms with Crippen molar-refractivity contribution in [1.29, 1.82) is 0 Å². The SMILES string of the molecule is Cc1nc(NC(=O)c2cc(=O)[nH]c3ccccc23)n[nH]1. The molecule has 20 heavy (non-hydrogen) atoms. The number of para-hydroxylation sites is 1. The minimum Gasteiger partial charge on any atom is -0.322 e. The summed E-state index contributed by atoms with van der Waals surface area (Å²) in [6, 6.07) is 8.36. The topological polar surface area (TPSA) is 104 Å².